The second-order valence-corrected chi connectivity index (χ2v) is 12.0. The van der Waals surface area contributed by atoms with Crippen molar-refractivity contribution in [3.05, 3.63) is 18.1 Å². The zero-order chi connectivity index (χ0) is 26.0. The van der Waals surface area contributed by atoms with Crippen molar-refractivity contribution in [2.75, 3.05) is 5.32 Å². The molecule has 2 aliphatic rings. The summed E-state index contributed by atoms with van der Waals surface area (Å²) in [5, 5.41) is 16.0. The number of aliphatic hydroxyl groups excluding tert-OH is 1. The molecular weight excluding hydrogens is 489 g/mol. The van der Waals surface area contributed by atoms with Crippen molar-refractivity contribution in [2.24, 2.45) is 5.92 Å². The van der Waals surface area contributed by atoms with Crippen LogP contribution >= 0.6 is 0 Å². The number of carbonyl (C=O) groups is 1. The zero-order valence-electron chi connectivity index (χ0n) is 20.0. The van der Waals surface area contributed by atoms with E-state index in [0.29, 0.717) is 6.07 Å². The normalized spacial score (nSPS) is 21.0. The Labute approximate surface area is 203 Å². The van der Waals surface area contributed by atoms with E-state index in [2.05, 4.69) is 20.3 Å². The summed E-state index contributed by atoms with van der Waals surface area (Å²) in [5.74, 6) is -4.49. The number of hydrogen-bond donors (Lipinski definition) is 4. The van der Waals surface area contributed by atoms with E-state index < -0.39 is 75.3 Å². The Morgan fingerprint density at radius 3 is 2.40 bits per heavy atom. The number of halogens is 3. The highest BCUT2D eigenvalue weighted by atomic mass is 32.2. The summed E-state index contributed by atoms with van der Waals surface area (Å²) in [6.07, 6.45) is 1.83. The Morgan fingerprint density at radius 1 is 1.23 bits per heavy atom. The molecule has 0 unspecified atom stereocenters. The van der Waals surface area contributed by atoms with E-state index in [9.17, 15) is 31.5 Å². The maximum Gasteiger partial charge on any atom is 0.408 e. The van der Waals surface area contributed by atoms with Gasteiger partial charge < -0.3 is 20.5 Å². The molecule has 2 atom stereocenters. The van der Waals surface area contributed by atoms with Gasteiger partial charge >= 0.3 is 6.09 Å². The van der Waals surface area contributed by atoms with Crippen molar-refractivity contribution in [2.45, 2.75) is 100 Å². The number of pyridine rings is 1. The molecule has 13 heteroatoms. The quantitative estimate of drug-likeness (QED) is 0.385. The Hall–Kier alpha value is -2.12. The van der Waals surface area contributed by atoms with Crippen LogP contribution in [0.2, 0.25) is 0 Å². The standard InChI is InChI=1S/C22H33F3N4O5S/c1-21(2,3)34-20(31)27-17(13-7-5-4-6-8-13)19(30)28-18-16(23)9-15(12-26-18)35(32,33)29-14-10-22(24,25)11-14/h9,12-14,17,19,29-30H,4-8,10-11H2,1-3H3,(H,26,28)(H,27,31)/t17-,19-/m0/s1. The molecule has 0 spiro atoms. The summed E-state index contributed by atoms with van der Waals surface area (Å²) in [6, 6.07) is -1.05. The summed E-state index contributed by atoms with van der Waals surface area (Å²) >= 11 is 0. The third-order valence-corrected chi connectivity index (χ3v) is 7.49. The van der Waals surface area contributed by atoms with Gasteiger partial charge in [-0.15, -0.1) is 0 Å². The van der Waals surface area contributed by atoms with E-state index in [-0.39, 0.29) is 5.92 Å². The Morgan fingerprint density at radius 2 is 1.86 bits per heavy atom. The molecule has 1 aromatic rings. The minimum atomic E-state index is -4.25. The number of carbonyl (C=O) groups excluding carboxylic acids is 1. The lowest BCUT2D eigenvalue weighted by Gasteiger charge is -2.35. The lowest BCUT2D eigenvalue weighted by molar-refractivity contribution is -0.0876. The number of nitrogens with zero attached hydrogens (tertiary/aromatic N) is 1. The lowest BCUT2D eigenvalue weighted by Crippen LogP contribution is -2.52. The van der Waals surface area contributed by atoms with Gasteiger partial charge in [-0.25, -0.2) is 36.1 Å². The van der Waals surface area contributed by atoms with E-state index >= 15 is 0 Å². The van der Waals surface area contributed by atoms with Gasteiger partial charge in [-0.3, -0.25) is 0 Å². The van der Waals surface area contributed by atoms with E-state index in [4.69, 9.17) is 4.74 Å². The van der Waals surface area contributed by atoms with Gasteiger partial charge in [-0.2, -0.15) is 0 Å². The molecule has 2 saturated carbocycles. The smallest absolute Gasteiger partial charge is 0.408 e. The number of sulfonamides is 1. The van der Waals surface area contributed by atoms with Crippen LogP contribution in [-0.4, -0.2) is 54.4 Å². The number of amides is 1. The van der Waals surface area contributed by atoms with Crippen molar-refractivity contribution >= 4 is 21.9 Å². The number of aliphatic hydroxyl groups is 1. The fourth-order valence-electron chi connectivity index (χ4n) is 4.33. The minimum Gasteiger partial charge on any atom is -0.444 e. The van der Waals surface area contributed by atoms with Gasteiger partial charge in [0, 0.05) is 25.1 Å². The summed E-state index contributed by atoms with van der Waals surface area (Å²) in [5.41, 5.74) is -0.752. The van der Waals surface area contributed by atoms with Gasteiger partial charge in [-0.1, -0.05) is 19.3 Å². The van der Waals surface area contributed by atoms with Crippen LogP contribution in [0.25, 0.3) is 0 Å². The first-order chi connectivity index (χ1) is 16.2. The molecule has 35 heavy (non-hydrogen) atoms. The fourth-order valence-corrected chi connectivity index (χ4v) is 5.52. The maximum absolute atomic E-state index is 14.7. The number of hydrogen-bond acceptors (Lipinski definition) is 7. The van der Waals surface area contributed by atoms with E-state index in [1.807, 2.05) is 0 Å². The van der Waals surface area contributed by atoms with Crippen molar-refractivity contribution in [1.29, 1.82) is 0 Å². The van der Waals surface area contributed by atoms with Crippen molar-refractivity contribution < 1.29 is 36.2 Å². The molecule has 198 valence electrons. The summed E-state index contributed by atoms with van der Waals surface area (Å²) in [7, 11) is -4.25. The Kier molecular flexibility index (Phi) is 8.22. The third kappa shape index (κ3) is 7.68. The maximum atomic E-state index is 14.7. The molecule has 1 amide bonds. The summed E-state index contributed by atoms with van der Waals surface area (Å²) < 4.78 is 72.9. The Bertz CT molecular complexity index is 1000. The third-order valence-electron chi connectivity index (χ3n) is 6.00. The molecule has 0 aliphatic heterocycles. The van der Waals surface area contributed by atoms with Crippen molar-refractivity contribution in [3.8, 4) is 0 Å². The van der Waals surface area contributed by atoms with Crippen LogP contribution in [0, 0.1) is 11.7 Å². The number of aromatic nitrogens is 1. The number of alkyl carbamates (subject to hydrolysis) is 1. The molecule has 0 saturated heterocycles. The van der Waals surface area contributed by atoms with Gasteiger partial charge in [0.25, 0.3) is 5.92 Å². The van der Waals surface area contributed by atoms with Crippen LogP contribution in [0.3, 0.4) is 0 Å². The van der Waals surface area contributed by atoms with Crippen molar-refractivity contribution in [1.82, 2.24) is 15.0 Å². The van der Waals surface area contributed by atoms with E-state index in [1.54, 1.807) is 20.8 Å². The molecule has 1 heterocycles. The highest BCUT2D eigenvalue weighted by molar-refractivity contribution is 7.89. The number of rotatable bonds is 8. The van der Waals surface area contributed by atoms with Crippen LogP contribution < -0.4 is 15.4 Å². The average Bonchev–Trinajstić information content (AvgIpc) is 2.71. The molecule has 2 fully saturated rings. The summed E-state index contributed by atoms with van der Waals surface area (Å²) in [4.78, 5) is 15.6. The SMILES string of the molecule is CC(C)(C)OC(=O)N[C@@H](C1CCCCC1)[C@H](O)Nc1ncc(S(=O)(=O)NC2CC(F)(F)C2)cc1F. The minimum absolute atomic E-state index is 0.0914. The molecule has 2 aliphatic carbocycles. The van der Waals surface area contributed by atoms with Crippen LogP contribution in [0.1, 0.15) is 65.7 Å². The molecule has 4 N–H and O–H groups in total. The van der Waals surface area contributed by atoms with Crippen LogP contribution in [0.15, 0.2) is 17.2 Å². The molecule has 3 rings (SSSR count). The van der Waals surface area contributed by atoms with Gasteiger partial charge in [0.05, 0.1) is 6.04 Å². The second kappa shape index (κ2) is 10.5. The first kappa shape index (κ1) is 27.5. The first-order valence-corrected chi connectivity index (χ1v) is 13.1. The van der Waals surface area contributed by atoms with Crippen LogP contribution in [-0.2, 0) is 14.8 Å². The number of nitrogens with one attached hydrogen (secondary N) is 3. The molecule has 0 radical (unpaired) electrons. The van der Waals surface area contributed by atoms with Gasteiger partial charge in [0.1, 0.15) is 16.7 Å². The number of anilines is 1. The van der Waals surface area contributed by atoms with E-state index in [0.717, 1.165) is 38.3 Å². The molecule has 0 aromatic carbocycles. The average molecular weight is 523 g/mol. The highest BCUT2D eigenvalue weighted by Gasteiger charge is 2.47. The molecular formula is C22H33F3N4O5S. The number of ether oxygens (including phenoxy) is 1. The van der Waals surface area contributed by atoms with Gasteiger partial charge in [-0.05, 0) is 45.6 Å². The predicted octanol–water partition coefficient (Wildman–Crippen LogP) is 3.50. The molecule has 0 bridgehead atoms. The summed E-state index contributed by atoms with van der Waals surface area (Å²) in [6.45, 7) is 5.12. The zero-order valence-corrected chi connectivity index (χ0v) is 20.8. The highest BCUT2D eigenvalue weighted by Crippen LogP contribution is 2.38. The molecule has 1 aromatic heterocycles. The fraction of sp³-hybridized carbons (Fsp3) is 0.727. The van der Waals surface area contributed by atoms with Gasteiger partial charge in [0.2, 0.25) is 10.0 Å². The lowest BCUT2D eigenvalue weighted by atomic mass is 9.83. The molecule has 9 nitrogen and oxygen atoms in total. The predicted molar refractivity (Wildman–Crippen MR) is 122 cm³/mol. The van der Waals surface area contributed by atoms with Crippen molar-refractivity contribution in [3.63, 3.8) is 0 Å². The largest absolute Gasteiger partial charge is 0.444 e. The monoisotopic (exact) mass is 522 g/mol. The van der Waals surface area contributed by atoms with Crippen LogP contribution in [0.4, 0.5) is 23.8 Å². The topological polar surface area (TPSA) is 130 Å². The van der Waals surface area contributed by atoms with E-state index in [1.165, 1.54) is 0 Å². The van der Waals surface area contributed by atoms with Crippen LogP contribution in [0.5, 0.6) is 0 Å². The second-order valence-electron chi connectivity index (χ2n) is 10.2. The number of alkyl halides is 2. The van der Waals surface area contributed by atoms with Gasteiger partial charge in [0.15, 0.2) is 11.6 Å². The Balaban J connectivity index is 1.70. The first-order valence-electron chi connectivity index (χ1n) is 11.6.